The molecule has 29 heavy (non-hydrogen) atoms. The monoisotopic (exact) mass is 407 g/mol. The van der Waals surface area contributed by atoms with Crippen molar-refractivity contribution in [2.75, 3.05) is 19.6 Å². The van der Waals surface area contributed by atoms with Gasteiger partial charge in [-0.05, 0) is 52.9 Å². The van der Waals surface area contributed by atoms with Gasteiger partial charge in [-0.1, -0.05) is 26.7 Å². The first-order valence-corrected chi connectivity index (χ1v) is 11.4. The Hall–Kier alpha value is -1.59. The highest BCUT2D eigenvalue weighted by Crippen LogP contribution is 2.28. The molecule has 2 atom stereocenters. The van der Waals surface area contributed by atoms with Gasteiger partial charge in [0, 0.05) is 43.6 Å². The molecular weight excluding hydrogens is 366 g/mol. The summed E-state index contributed by atoms with van der Waals surface area (Å²) in [5.41, 5.74) is -0.247. The lowest BCUT2D eigenvalue weighted by Gasteiger charge is -2.34. The van der Waals surface area contributed by atoms with Gasteiger partial charge < -0.3 is 15.1 Å². The fourth-order valence-corrected chi connectivity index (χ4v) is 4.41. The number of likely N-dealkylation sites (tertiary alicyclic amines) is 2. The van der Waals surface area contributed by atoms with E-state index in [0.29, 0.717) is 44.8 Å². The molecule has 2 fully saturated rings. The third kappa shape index (κ3) is 6.71. The highest BCUT2D eigenvalue weighted by atomic mass is 16.2. The van der Waals surface area contributed by atoms with Crippen molar-refractivity contribution in [2.45, 2.75) is 91.6 Å². The van der Waals surface area contributed by atoms with E-state index in [0.717, 1.165) is 12.8 Å². The fraction of sp³-hybridized carbons (Fsp3) is 0.870. The standard InChI is InChI=1S/C23H41N3O3/c1-16(2)8-7-9-17(3)24-21(28)18-10-12-25(13-11-18)22(29)19-14-20(27)26(15-19)23(4,5)6/h16-19H,7-15H2,1-6H3,(H,24,28). The Balaban J connectivity index is 1.76. The zero-order chi connectivity index (χ0) is 21.8. The smallest absolute Gasteiger partial charge is 0.227 e. The maximum atomic E-state index is 12.9. The summed E-state index contributed by atoms with van der Waals surface area (Å²) in [5, 5.41) is 3.16. The third-order valence-corrected chi connectivity index (χ3v) is 6.27. The molecule has 0 aromatic heterocycles. The SMILES string of the molecule is CC(C)CCCC(C)NC(=O)C1CCN(C(=O)C2CC(=O)N(C(C)(C)C)C2)CC1. The summed E-state index contributed by atoms with van der Waals surface area (Å²) >= 11 is 0. The van der Waals surface area contributed by atoms with Crippen LogP contribution in [-0.2, 0) is 14.4 Å². The van der Waals surface area contributed by atoms with Gasteiger partial charge in [-0.2, -0.15) is 0 Å². The summed E-state index contributed by atoms with van der Waals surface area (Å²) in [6, 6.07) is 0.203. The van der Waals surface area contributed by atoms with Crippen molar-refractivity contribution in [1.29, 1.82) is 0 Å². The molecule has 2 saturated heterocycles. The van der Waals surface area contributed by atoms with E-state index in [4.69, 9.17) is 0 Å². The molecule has 2 aliphatic heterocycles. The number of nitrogens with zero attached hydrogens (tertiary/aromatic N) is 2. The van der Waals surface area contributed by atoms with Crippen molar-refractivity contribution >= 4 is 17.7 Å². The van der Waals surface area contributed by atoms with Gasteiger partial charge in [-0.25, -0.2) is 0 Å². The number of nitrogens with one attached hydrogen (secondary N) is 1. The third-order valence-electron chi connectivity index (χ3n) is 6.27. The van der Waals surface area contributed by atoms with Crippen molar-refractivity contribution in [1.82, 2.24) is 15.1 Å². The Labute approximate surface area is 176 Å². The molecule has 0 saturated carbocycles. The van der Waals surface area contributed by atoms with Crippen LogP contribution >= 0.6 is 0 Å². The molecule has 0 spiro atoms. The van der Waals surface area contributed by atoms with E-state index in [-0.39, 0.29) is 41.1 Å². The van der Waals surface area contributed by atoms with Crippen LogP contribution in [0.4, 0.5) is 0 Å². The van der Waals surface area contributed by atoms with E-state index in [9.17, 15) is 14.4 Å². The van der Waals surface area contributed by atoms with E-state index in [1.807, 2.05) is 30.6 Å². The first-order chi connectivity index (χ1) is 13.5. The molecule has 6 heteroatoms. The van der Waals surface area contributed by atoms with Crippen LogP contribution < -0.4 is 5.32 Å². The van der Waals surface area contributed by atoms with Crippen LogP contribution in [-0.4, -0.2) is 58.7 Å². The van der Waals surface area contributed by atoms with Gasteiger partial charge >= 0.3 is 0 Å². The van der Waals surface area contributed by atoms with E-state index >= 15 is 0 Å². The normalized spacial score (nSPS) is 22.3. The molecule has 1 N–H and O–H groups in total. The molecule has 3 amide bonds. The summed E-state index contributed by atoms with van der Waals surface area (Å²) < 4.78 is 0. The lowest BCUT2D eigenvalue weighted by molar-refractivity contribution is -0.139. The summed E-state index contributed by atoms with van der Waals surface area (Å²) in [6.07, 6.45) is 5.07. The largest absolute Gasteiger partial charge is 0.353 e. The maximum absolute atomic E-state index is 12.9. The second kappa shape index (κ2) is 9.94. The second-order valence-electron chi connectivity index (χ2n) is 10.4. The number of carbonyl (C=O) groups is 3. The molecule has 2 heterocycles. The minimum absolute atomic E-state index is 0.0112. The van der Waals surface area contributed by atoms with Gasteiger partial charge in [-0.3, -0.25) is 14.4 Å². The average Bonchev–Trinajstić information content (AvgIpc) is 3.03. The van der Waals surface area contributed by atoms with Crippen LogP contribution in [0, 0.1) is 17.8 Å². The Kier molecular flexibility index (Phi) is 8.12. The quantitative estimate of drug-likeness (QED) is 0.704. The summed E-state index contributed by atoms with van der Waals surface area (Å²) in [6.45, 7) is 14.3. The Morgan fingerprint density at radius 1 is 1.07 bits per heavy atom. The number of rotatable bonds is 7. The van der Waals surface area contributed by atoms with E-state index < -0.39 is 0 Å². The lowest BCUT2D eigenvalue weighted by Crippen LogP contribution is -2.47. The van der Waals surface area contributed by atoms with E-state index in [1.165, 1.54) is 6.42 Å². The summed E-state index contributed by atoms with van der Waals surface area (Å²) in [7, 11) is 0. The van der Waals surface area contributed by atoms with Crippen molar-refractivity contribution in [2.24, 2.45) is 17.8 Å². The van der Waals surface area contributed by atoms with E-state index in [2.05, 4.69) is 26.1 Å². The molecule has 0 aliphatic carbocycles. The summed E-state index contributed by atoms with van der Waals surface area (Å²) in [4.78, 5) is 41.4. The minimum atomic E-state index is -0.247. The Morgan fingerprint density at radius 2 is 1.69 bits per heavy atom. The molecule has 2 unspecified atom stereocenters. The van der Waals surface area contributed by atoms with Gasteiger partial charge in [0.2, 0.25) is 17.7 Å². The topological polar surface area (TPSA) is 69.7 Å². The molecule has 0 radical (unpaired) electrons. The molecule has 166 valence electrons. The second-order valence-corrected chi connectivity index (χ2v) is 10.4. The molecule has 0 aromatic carbocycles. The van der Waals surface area contributed by atoms with Crippen LogP contribution in [0.15, 0.2) is 0 Å². The predicted octanol–water partition coefficient (Wildman–Crippen LogP) is 3.20. The van der Waals surface area contributed by atoms with Crippen LogP contribution in [0.25, 0.3) is 0 Å². The average molecular weight is 408 g/mol. The van der Waals surface area contributed by atoms with Crippen molar-refractivity contribution in [3.05, 3.63) is 0 Å². The molecule has 2 aliphatic rings. The molecule has 0 aromatic rings. The number of amides is 3. The van der Waals surface area contributed by atoms with Crippen molar-refractivity contribution < 1.29 is 14.4 Å². The fourth-order valence-electron chi connectivity index (χ4n) is 4.41. The lowest BCUT2D eigenvalue weighted by atomic mass is 9.94. The molecule has 6 nitrogen and oxygen atoms in total. The molecule has 0 bridgehead atoms. The van der Waals surface area contributed by atoms with Gasteiger partial charge in [0.15, 0.2) is 0 Å². The molecular formula is C23H41N3O3. The summed E-state index contributed by atoms with van der Waals surface area (Å²) in [5.74, 6) is 0.716. The predicted molar refractivity (Wildman–Crippen MR) is 115 cm³/mol. The van der Waals surface area contributed by atoms with Crippen LogP contribution in [0.5, 0.6) is 0 Å². The zero-order valence-electron chi connectivity index (χ0n) is 19.3. The van der Waals surface area contributed by atoms with Crippen LogP contribution in [0.3, 0.4) is 0 Å². The number of hydrogen-bond donors (Lipinski definition) is 1. The Morgan fingerprint density at radius 3 is 2.21 bits per heavy atom. The van der Waals surface area contributed by atoms with Gasteiger partial charge in [0.05, 0.1) is 5.92 Å². The van der Waals surface area contributed by atoms with Crippen LogP contribution in [0.1, 0.15) is 80.1 Å². The highest BCUT2D eigenvalue weighted by Gasteiger charge is 2.41. The van der Waals surface area contributed by atoms with E-state index in [1.54, 1.807) is 0 Å². The first kappa shape index (κ1) is 23.7. The van der Waals surface area contributed by atoms with Gasteiger partial charge in [0.25, 0.3) is 0 Å². The number of carbonyl (C=O) groups excluding carboxylic acids is 3. The van der Waals surface area contributed by atoms with Crippen molar-refractivity contribution in [3.8, 4) is 0 Å². The maximum Gasteiger partial charge on any atom is 0.227 e. The Bertz CT molecular complexity index is 589. The first-order valence-electron chi connectivity index (χ1n) is 11.4. The van der Waals surface area contributed by atoms with Crippen molar-refractivity contribution in [3.63, 3.8) is 0 Å². The molecule has 2 rings (SSSR count). The van der Waals surface area contributed by atoms with Gasteiger partial charge in [0.1, 0.15) is 0 Å². The zero-order valence-corrected chi connectivity index (χ0v) is 19.3. The number of hydrogen-bond acceptors (Lipinski definition) is 3. The highest BCUT2D eigenvalue weighted by molar-refractivity contribution is 5.90. The number of piperidine rings is 1. The van der Waals surface area contributed by atoms with Gasteiger partial charge in [-0.15, -0.1) is 0 Å². The van der Waals surface area contributed by atoms with Crippen LogP contribution in [0.2, 0.25) is 0 Å². The minimum Gasteiger partial charge on any atom is -0.353 e.